The molecule has 0 radical (unpaired) electrons. The first-order valence-electron chi connectivity index (χ1n) is 13.6. The molecule has 3 rings (SSSR count). The standard InChI is InChI=1S/C22H32S2Si.6CH3.2Sn/c1-5-7-9-17(3)15-25(16-18(4)10-8-6-2)19-11-13-23-21(19)22-20(25)12-14-24-22;;;;;;;;/h11-12,17-18H,5-10,15-16H2,1-4H3;6*1H3;;. The Labute approximate surface area is 223 Å². The van der Waals surface area contributed by atoms with Crippen LogP contribution in [0.2, 0.25) is 41.7 Å². The molecular formula is C28H50S2SiSn2. The van der Waals surface area contributed by atoms with Crippen LogP contribution in [0.25, 0.3) is 9.75 Å². The van der Waals surface area contributed by atoms with E-state index in [0.717, 1.165) is 11.8 Å². The molecule has 3 heterocycles. The Morgan fingerprint density at radius 2 is 1.06 bits per heavy atom. The summed E-state index contributed by atoms with van der Waals surface area (Å²) >= 11 is 0.302. The van der Waals surface area contributed by atoms with Gasteiger partial charge in [0.15, 0.2) is 0 Å². The van der Waals surface area contributed by atoms with Gasteiger partial charge in [-0.05, 0) is 0 Å². The predicted octanol–water partition coefficient (Wildman–Crippen LogP) is 8.10. The summed E-state index contributed by atoms with van der Waals surface area (Å²) < 4.78 is 3.65. The Hall–Kier alpha value is 1.21. The van der Waals surface area contributed by atoms with E-state index in [-0.39, 0.29) is 0 Å². The first kappa shape index (κ1) is 28.8. The molecule has 33 heavy (non-hydrogen) atoms. The first-order valence-corrected chi connectivity index (χ1v) is 37.7. The van der Waals surface area contributed by atoms with Crippen molar-refractivity contribution in [3.63, 3.8) is 0 Å². The topological polar surface area (TPSA) is 0 Å². The molecule has 0 saturated carbocycles. The van der Waals surface area contributed by atoms with E-state index in [4.69, 9.17) is 0 Å². The molecule has 2 aromatic rings. The Morgan fingerprint density at radius 1 is 0.697 bits per heavy atom. The van der Waals surface area contributed by atoms with Crippen LogP contribution in [0.3, 0.4) is 0 Å². The van der Waals surface area contributed by atoms with Crippen LogP contribution in [0.4, 0.5) is 0 Å². The van der Waals surface area contributed by atoms with Crippen molar-refractivity contribution in [2.24, 2.45) is 11.8 Å². The minimum atomic E-state index is -2.10. The fourth-order valence-corrected chi connectivity index (χ4v) is 27.2. The zero-order chi connectivity index (χ0) is 24.6. The summed E-state index contributed by atoms with van der Waals surface area (Å²) in [7, 11) is -1.73. The van der Waals surface area contributed by atoms with Crippen molar-refractivity contribution in [1.29, 1.82) is 0 Å². The normalized spacial score (nSPS) is 17.2. The molecule has 0 saturated heterocycles. The zero-order valence-electron chi connectivity index (χ0n) is 23.3. The van der Waals surface area contributed by atoms with Crippen LogP contribution < -0.4 is 16.2 Å². The van der Waals surface area contributed by atoms with Crippen LogP contribution in [0.1, 0.15) is 66.2 Å². The van der Waals surface area contributed by atoms with Gasteiger partial charge in [0.1, 0.15) is 0 Å². The van der Waals surface area contributed by atoms with E-state index in [1.807, 2.05) is 16.2 Å². The molecule has 2 unspecified atom stereocenters. The molecule has 1 aliphatic heterocycles. The van der Waals surface area contributed by atoms with E-state index >= 15 is 0 Å². The van der Waals surface area contributed by atoms with E-state index in [1.54, 1.807) is 9.75 Å². The number of hydrogen-bond acceptors (Lipinski definition) is 2. The maximum absolute atomic E-state index is 2.81. The molecule has 186 valence electrons. The third kappa shape index (κ3) is 6.38. The second-order valence-electron chi connectivity index (χ2n) is 13.2. The summed E-state index contributed by atoms with van der Waals surface area (Å²) in [4.78, 5) is 19.3. The number of thiophene rings is 2. The molecule has 0 aromatic carbocycles. The van der Waals surface area contributed by atoms with Crippen molar-refractivity contribution < 1.29 is 0 Å². The average Bonchev–Trinajstić information content (AvgIpc) is 3.38. The van der Waals surface area contributed by atoms with Crippen LogP contribution in [-0.2, 0) is 0 Å². The third-order valence-electron chi connectivity index (χ3n) is 7.67. The Kier molecular flexibility index (Phi) is 9.86. The fourth-order valence-electron chi connectivity index (χ4n) is 5.74. The fraction of sp³-hybridized carbons (Fsp3) is 0.714. The monoisotopic (exact) mass is 718 g/mol. The van der Waals surface area contributed by atoms with Gasteiger partial charge in [0.2, 0.25) is 0 Å². The summed E-state index contributed by atoms with van der Waals surface area (Å²) in [6.45, 7) is 9.90. The molecule has 1 aliphatic rings. The quantitative estimate of drug-likeness (QED) is 0.195. The average molecular weight is 716 g/mol. The van der Waals surface area contributed by atoms with E-state index in [2.05, 4.69) is 92.1 Å². The molecule has 0 aliphatic carbocycles. The van der Waals surface area contributed by atoms with Crippen molar-refractivity contribution in [3.8, 4) is 9.75 Å². The van der Waals surface area contributed by atoms with Gasteiger partial charge in [-0.25, -0.2) is 0 Å². The van der Waals surface area contributed by atoms with Gasteiger partial charge in [-0.3, -0.25) is 0 Å². The van der Waals surface area contributed by atoms with Crippen molar-refractivity contribution >= 4 is 83.7 Å². The molecule has 0 amide bonds. The van der Waals surface area contributed by atoms with Crippen molar-refractivity contribution in [1.82, 2.24) is 0 Å². The SMILES string of the molecule is CCCCC(C)C[Si]1(CC(C)CCCC)c2c[c]([Sn]([CH3])([CH3])[CH3])sc2-c2s[c]([Sn]([CH3])([CH3])[CH3])cc21. The minimum absolute atomic E-state index is 0.858. The molecule has 2 atom stereocenters. The number of fused-ring (bicyclic) bond motifs is 3. The van der Waals surface area contributed by atoms with E-state index in [9.17, 15) is 0 Å². The number of unbranched alkanes of at least 4 members (excludes halogenated alkanes) is 2. The van der Waals surface area contributed by atoms with Gasteiger partial charge in [-0.2, -0.15) is 0 Å². The van der Waals surface area contributed by atoms with Crippen molar-refractivity contribution in [3.05, 3.63) is 12.1 Å². The maximum atomic E-state index is 2.81. The van der Waals surface area contributed by atoms with Gasteiger partial charge in [-0.15, -0.1) is 0 Å². The number of hydrogen-bond donors (Lipinski definition) is 0. The van der Waals surface area contributed by atoms with Crippen LogP contribution >= 0.6 is 22.7 Å². The molecule has 5 heteroatoms. The summed E-state index contributed by atoms with van der Waals surface area (Å²) in [5.74, 6) is 1.72. The molecular weight excluding hydrogens is 666 g/mol. The summed E-state index contributed by atoms with van der Waals surface area (Å²) in [6.07, 6.45) is 8.32. The summed E-state index contributed by atoms with van der Waals surface area (Å²) in [5.41, 5.74) is 0. The molecule has 0 bridgehead atoms. The molecule has 0 N–H and O–H groups in total. The Balaban J connectivity index is 2.19. The first-order chi connectivity index (χ1) is 15.3. The van der Waals surface area contributed by atoms with Crippen LogP contribution in [-0.4, -0.2) is 44.8 Å². The van der Waals surface area contributed by atoms with Crippen LogP contribution in [0.15, 0.2) is 12.1 Å². The molecule has 0 spiro atoms. The molecule has 2 aromatic heterocycles. The second-order valence-corrected chi connectivity index (χ2v) is 50.2. The predicted molar refractivity (Wildman–Crippen MR) is 166 cm³/mol. The number of rotatable bonds is 12. The van der Waals surface area contributed by atoms with E-state index < -0.39 is 44.8 Å². The Morgan fingerprint density at radius 3 is 1.36 bits per heavy atom. The molecule has 0 fully saturated rings. The van der Waals surface area contributed by atoms with Crippen molar-refractivity contribution in [2.45, 2.75) is 108 Å². The third-order valence-corrected chi connectivity index (χ3v) is 35.0. The van der Waals surface area contributed by atoms with E-state index in [1.165, 1.54) is 50.6 Å². The second kappa shape index (κ2) is 11.3. The molecule has 0 nitrogen and oxygen atoms in total. The van der Waals surface area contributed by atoms with Gasteiger partial charge in [0.05, 0.1) is 0 Å². The van der Waals surface area contributed by atoms with Crippen LogP contribution in [0, 0.1) is 11.8 Å². The van der Waals surface area contributed by atoms with E-state index in [0.29, 0.717) is 0 Å². The van der Waals surface area contributed by atoms with Gasteiger partial charge in [0.25, 0.3) is 0 Å². The van der Waals surface area contributed by atoms with Gasteiger partial charge < -0.3 is 0 Å². The van der Waals surface area contributed by atoms with Gasteiger partial charge >= 0.3 is 225 Å². The van der Waals surface area contributed by atoms with Gasteiger partial charge in [-0.1, -0.05) is 0 Å². The summed E-state index contributed by atoms with van der Waals surface area (Å²) in [5, 5.41) is 3.80. The van der Waals surface area contributed by atoms with Crippen LogP contribution in [0.5, 0.6) is 0 Å². The van der Waals surface area contributed by atoms with Crippen molar-refractivity contribution in [2.75, 3.05) is 0 Å². The van der Waals surface area contributed by atoms with Gasteiger partial charge in [0, 0.05) is 0 Å². The zero-order valence-corrected chi connectivity index (χ0v) is 31.6. The summed E-state index contributed by atoms with van der Waals surface area (Å²) in [6, 6.07) is 8.62. The Bertz CT molecular complexity index is 853.